The Hall–Kier alpha value is -1.71. The summed E-state index contributed by atoms with van der Waals surface area (Å²) in [5, 5.41) is 11.6. The number of hydrogen-bond donors (Lipinski definition) is 0. The normalized spacial score (nSPS) is 20.3. The topological polar surface area (TPSA) is 87.0 Å². The molecule has 0 spiro atoms. The van der Waals surface area contributed by atoms with Gasteiger partial charge in [-0.25, -0.2) is 8.42 Å². The Balaban J connectivity index is 1.88. The molecule has 0 aliphatic carbocycles. The first-order chi connectivity index (χ1) is 12.4. The lowest BCUT2D eigenvalue weighted by Gasteiger charge is -2.35. The fourth-order valence-corrected chi connectivity index (χ4v) is 5.17. The summed E-state index contributed by atoms with van der Waals surface area (Å²) in [4.78, 5) is 15.4. The fraction of sp³-hybridized carbons (Fsp3) is 0.647. The Labute approximate surface area is 154 Å². The second-order valence-electron chi connectivity index (χ2n) is 6.79. The molecule has 2 saturated heterocycles. The molecule has 0 bridgehead atoms. The summed E-state index contributed by atoms with van der Waals surface area (Å²) in [5.74, 6) is 0. The van der Waals surface area contributed by atoms with Crippen molar-refractivity contribution in [3.05, 3.63) is 28.3 Å². The minimum atomic E-state index is -3.68. The van der Waals surface area contributed by atoms with Crippen LogP contribution in [0.25, 0.3) is 0 Å². The minimum Gasteiger partial charge on any atom is -0.363 e. The first kappa shape index (κ1) is 19.1. The molecule has 2 aliphatic heterocycles. The van der Waals surface area contributed by atoms with Gasteiger partial charge < -0.3 is 9.80 Å². The number of rotatable bonds is 5. The molecule has 1 aromatic rings. The largest absolute Gasteiger partial charge is 0.363 e. The quantitative estimate of drug-likeness (QED) is 0.571. The van der Waals surface area contributed by atoms with Crippen LogP contribution < -0.4 is 4.90 Å². The molecule has 1 aromatic carbocycles. The van der Waals surface area contributed by atoms with Gasteiger partial charge in [0.1, 0.15) is 5.69 Å². The van der Waals surface area contributed by atoms with Crippen molar-refractivity contribution in [2.45, 2.75) is 31.1 Å². The van der Waals surface area contributed by atoms with Crippen molar-refractivity contribution in [1.82, 2.24) is 9.21 Å². The van der Waals surface area contributed by atoms with E-state index in [1.165, 1.54) is 16.4 Å². The predicted molar refractivity (Wildman–Crippen MR) is 100 cm³/mol. The van der Waals surface area contributed by atoms with Crippen LogP contribution in [0.1, 0.15) is 26.2 Å². The maximum absolute atomic E-state index is 12.8. The number of likely N-dealkylation sites (N-methyl/N-ethyl adjacent to an activating group) is 1. The molecular weight excluding hydrogens is 356 g/mol. The molecule has 0 unspecified atom stereocenters. The standard InChI is InChI=1S/C17H26N4O4S/c1-2-18-10-12-19(13-11-18)16-7-6-15(14-17(16)21(22)23)26(24,25)20-8-4-3-5-9-20/h6-7,14H,2-5,8-13H2,1H3. The number of nitrogens with zero attached hydrogens (tertiary/aromatic N) is 4. The minimum absolute atomic E-state index is 0.0158. The Bertz CT molecular complexity index is 754. The van der Waals surface area contributed by atoms with Gasteiger partial charge in [0, 0.05) is 45.3 Å². The first-order valence-electron chi connectivity index (χ1n) is 9.19. The lowest BCUT2D eigenvalue weighted by molar-refractivity contribution is -0.384. The maximum atomic E-state index is 12.8. The summed E-state index contributed by atoms with van der Waals surface area (Å²) in [6, 6.07) is 4.33. The number of hydrogen-bond acceptors (Lipinski definition) is 6. The van der Waals surface area contributed by atoms with Crippen LogP contribution in [0, 0.1) is 10.1 Å². The molecule has 26 heavy (non-hydrogen) atoms. The van der Waals surface area contributed by atoms with Gasteiger partial charge in [0.25, 0.3) is 5.69 Å². The Morgan fingerprint density at radius 2 is 1.69 bits per heavy atom. The van der Waals surface area contributed by atoms with Gasteiger partial charge in [-0.05, 0) is 31.5 Å². The van der Waals surface area contributed by atoms with E-state index in [4.69, 9.17) is 0 Å². The molecule has 8 nitrogen and oxygen atoms in total. The molecule has 2 aliphatic rings. The third-order valence-electron chi connectivity index (χ3n) is 5.26. The zero-order valence-electron chi connectivity index (χ0n) is 15.1. The summed E-state index contributed by atoms with van der Waals surface area (Å²) in [5.41, 5.74) is 0.372. The first-order valence-corrected chi connectivity index (χ1v) is 10.6. The molecule has 2 fully saturated rings. The Morgan fingerprint density at radius 1 is 1.04 bits per heavy atom. The highest BCUT2D eigenvalue weighted by Gasteiger charge is 2.30. The van der Waals surface area contributed by atoms with Gasteiger partial charge in [0.15, 0.2) is 0 Å². The number of anilines is 1. The van der Waals surface area contributed by atoms with Crippen molar-refractivity contribution in [2.24, 2.45) is 0 Å². The number of piperazine rings is 1. The number of nitro groups is 1. The van der Waals surface area contributed by atoms with Crippen LogP contribution in [0.5, 0.6) is 0 Å². The molecule has 3 rings (SSSR count). The van der Waals surface area contributed by atoms with Crippen LogP contribution in [0.4, 0.5) is 11.4 Å². The van der Waals surface area contributed by atoms with Gasteiger partial charge in [0.2, 0.25) is 10.0 Å². The van der Waals surface area contributed by atoms with Gasteiger partial charge in [0.05, 0.1) is 9.82 Å². The van der Waals surface area contributed by atoms with Crippen molar-refractivity contribution in [1.29, 1.82) is 0 Å². The van der Waals surface area contributed by atoms with Crippen molar-refractivity contribution in [3.8, 4) is 0 Å². The number of benzene rings is 1. The van der Waals surface area contributed by atoms with Gasteiger partial charge >= 0.3 is 0 Å². The zero-order valence-corrected chi connectivity index (χ0v) is 15.9. The van der Waals surface area contributed by atoms with E-state index in [1.807, 2.05) is 4.90 Å². The third kappa shape index (κ3) is 3.84. The van der Waals surface area contributed by atoms with Crippen LogP contribution in [-0.4, -0.2) is 68.4 Å². The van der Waals surface area contributed by atoms with Gasteiger partial charge in [-0.2, -0.15) is 4.31 Å². The molecule has 0 saturated carbocycles. The average molecular weight is 382 g/mol. The summed E-state index contributed by atoms with van der Waals surface area (Å²) < 4.78 is 27.1. The molecule has 0 radical (unpaired) electrons. The molecule has 2 heterocycles. The SMILES string of the molecule is CCN1CCN(c2ccc(S(=O)(=O)N3CCCCC3)cc2[N+](=O)[O-])CC1. The maximum Gasteiger partial charge on any atom is 0.293 e. The number of sulfonamides is 1. The van der Waals surface area contributed by atoms with Crippen molar-refractivity contribution < 1.29 is 13.3 Å². The van der Waals surface area contributed by atoms with E-state index in [-0.39, 0.29) is 10.6 Å². The summed E-state index contributed by atoms with van der Waals surface area (Å²) in [6.45, 7) is 7.12. The predicted octanol–water partition coefficient (Wildman–Crippen LogP) is 1.91. The van der Waals surface area contributed by atoms with E-state index in [0.29, 0.717) is 31.9 Å². The average Bonchev–Trinajstić information content (AvgIpc) is 2.68. The van der Waals surface area contributed by atoms with Crippen LogP contribution in [0.2, 0.25) is 0 Å². The summed E-state index contributed by atoms with van der Waals surface area (Å²) >= 11 is 0. The highest BCUT2D eigenvalue weighted by atomic mass is 32.2. The molecule has 0 amide bonds. The van der Waals surface area contributed by atoms with Crippen LogP contribution in [0.3, 0.4) is 0 Å². The van der Waals surface area contributed by atoms with Crippen molar-refractivity contribution in [2.75, 3.05) is 50.7 Å². The van der Waals surface area contributed by atoms with E-state index in [2.05, 4.69) is 11.8 Å². The summed E-state index contributed by atoms with van der Waals surface area (Å²) in [6.07, 6.45) is 2.69. The second-order valence-corrected chi connectivity index (χ2v) is 8.73. The highest BCUT2D eigenvalue weighted by Crippen LogP contribution is 2.33. The molecule has 144 valence electrons. The van der Waals surface area contributed by atoms with E-state index in [1.54, 1.807) is 6.07 Å². The van der Waals surface area contributed by atoms with Gasteiger partial charge in [-0.1, -0.05) is 13.3 Å². The van der Waals surface area contributed by atoms with Crippen molar-refractivity contribution >= 4 is 21.4 Å². The van der Waals surface area contributed by atoms with Crippen molar-refractivity contribution in [3.63, 3.8) is 0 Å². The molecule has 0 aromatic heterocycles. The lowest BCUT2D eigenvalue weighted by atomic mass is 10.2. The smallest absolute Gasteiger partial charge is 0.293 e. The van der Waals surface area contributed by atoms with Gasteiger partial charge in [-0.3, -0.25) is 10.1 Å². The Kier molecular flexibility index (Phi) is 5.79. The lowest BCUT2D eigenvalue weighted by Crippen LogP contribution is -2.46. The zero-order chi connectivity index (χ0) is 18.7. The fourth-order valence-electron chi connectivity index (χ4n) is 3.64. The van der Waals surface area contributed by atoms with Crippen LogP contribution >= 0.6 is 0 Å². The molecule has 0 atom stereocenters. The van der Waals surface area contributed by atoms with E-state index >= 15 is 0 Å². The third-order valence-corrected chi connectivity index (χ3v) is 7.15. The molecule has 0 N–H and O–H groups in total. The molecular formula is C17H26N4O4S. The summed E-state index contributed by atoms with van der Waals surface area (Å²) in [7, 11) is -3.68. The van der Waals surface area contributed by atoms with Crippen LogP contribution in [-0.2, 0) is 10.0 Å². The van der Waals surface area contributed by atoms with E-state index in [9.17, 15) is 18.5 Å². The number of nitro benzene ring substituents is 1. The molecule has 9 heteroatoms. The number of piperidine rings is 1. The highest BCUT2D eigenvalue weighted by molar-refractivity contribution is 7.89. The second kappa shape index (κ2) is 7.89. The van der Waals surface area contributed by atoms with Crippen LogP contribution in [0.15, 0.2) is 23.1 Å². The van der Waals surface area contributed by atoms with E-state index in [0.717, 1.165) is 38.9 Å². The Morgan fingerprint density at radius 3 is 2.27 bits per heavy atom. The monoisotopic (exact) mass is 382 g/mol. The van der Waals surface area contributed by atoms with Gasteiger partial charge in [-0.15, -0.1) is 0 Å². The van der Waals surface area contributed by atoms with E-state index < -0.39 is 14.9 Å².